The van der Waals surface area contributed by atoms with Crippen molar-refractivity contribution in [3.63, 3.8) is 0 Å². The van der Waals surface area contributed by atoms with Crippen LogP contribution in [0.2, 0.25) is 0 Å². The van der Waals surface area contributed by atoms with Crippen LogP contribution in [0.25, 0.3) is 16.9 Å². The molecule has 2 aromatic heterocycles. The van der Waals surface area contributed by atoms with E-state index in [4.69, 9.17) is 4.74 Å². The van der Waals surface area contributed by atoms with Gasteiger partial charge in [-0.1, -0.05) is 0 Å². The maximum absolute atomic E-state index is 13.1. The van der Waals surface area contributed by atoms with Crippen molar-refractivity contribution in [3.8, 4) is 11.3 Å². The van der Waals surface area contributed by atoms with E-state index in [0.717, 1.165) is 35.8 Å². The minimum absolute atomic E-state index is 0.250. The van der Waals surface area contributed by atoms with Crippen LogP contribution in [0.5, 0.6) is 0 Å². The van der Waals surface area contributed by atoms with Crippen LogP contribution >= 0.6 is 0 Å². The van der Waals surface area contributed by atoms with Gasteiger partial charge in [0.15, 0.2) is 5.65 Å². The Labute approximate surface area is 127 Å². The second kappa shape index (κ2) is 5.38. The smallest absolute Gasteiger partial charge is 0.154 e. The van der Waals surface area contributed by atoms with Gasteiger partial charge in [-0.15, -0.1) is 5.10 Å². The largest absolute Gasteiger partial charge is 0.378 e. The Bertz CT molecular complexity index is 794. The van der Waals surface area contributed by atoms with E-state index in [9.17, 15) is 4.39 Å². The van der Waals surface area contributed by atoms with Crippen molar-refractivity contribution in [2.24, 2.45) is 0 Å². The molecule has 0 N–H and O–H groups in total. The lowest BCUT2D eigenvalue weighted by Gasteiger charge is -2.27. The summed E-state index contributed by atoms with van der Waals surface area (Å²) in [5.41, 5.74) is 2.52. The third-order valence-corrected chi connectivity index (χ3v) is 3.82. The summed E-state index contributed by atoms with van der Waals surface area (Å²) < 4.78 is 20.3. The minimum atomic E-state index is -0.250. The number of hydrogen-bond acceptors (Lipinski definition) is 4. The predicted octanol–water partition coefficient (Wildman–Crippen LogP) is 2.37. The topological polar surface area (TPSA) is 42.7 Å². The molecule has 0 radical (unpaired) electrons. The lowest BCUT2D eigenvalue weighted by molar-refractivity contribution is 0.122. The molecular formula is C16H15FN4O. The minimum Gasteiger partial charge on any atom is -0.378 e. The zero-order valence-corrected chi connectivity index (χ0v) is 11.9. The van der Waals surface area contributed by atoms with Crippen molar-refractivity contribution in [2.75, 3.05) is 31.2 Å². The van der Waals surface area contributed by atoms with Crippen LogP contribution in [-0.2, 0) is 4.74 Å². The van der Waals surface area contributed by atoms with Crippen molar-refractivity contribution in [3.05, 3.63) is 48.4 Å². The Morgan fingerprint density at radius 2 is 1.77 bits per heavy atom. The van der Waals surface area contributed by atoms with Gasteiger partial charge in [0.2, 0.25) is 0 Å². The van der Waals surface area contributed by atoms with Gasteiger partial charge >= 0.3 is 0 Å². The highest BCUT2D eigenvalue weighted by Crippen LogP contribution is 2.22. The fourth-order valence-corrected chi connectivity index (χ4v) is 2.64. The van der Waals surface area contributed by atoms with E-state index in [1.54, 1.807) is 22.8 Å². The summed E-state index contributed by atoms with van der Waals surface area (Å²) >= 11 is 0. The van der Waals surface area contributed by atoms with Gasteiger partial charge < -0.3 is 9.64 Å². The first-order valence-electron chi connectivity index (χ1n) is 7.25. The van der Waals surface area contributed by atoms with E-state index < -0.39 is 0 Å². The number of benzene rings is 1. The molecule has 0 bridgehead atoms. The van der Waals surface area contributed by atoms with Crippen molar-refractivity contribution >= 4 is 11.5 Å². The number of nitrogens with zero attached hydrogens (tertiary/aromatic N) is 4. The average Bonchev–Trinajstić information content (AvgIpc) is 2.99. The number of rotatable bonds is 2. The fourth-order valence-electron chi connectivity index (χ4n) is 2.64. The normalized spacial score (nSPS) is 15.4. The van der Waals surface area contributed by atoms with Crippen molar-refractivity contribution in [1.29, 1.82) is 0 Å². The third-order valence-electron chi connectivity index (χ3n) is 3.82. The van der Waals surface area contributed by atoms with Crippen molar-refractivity contribution < 1.29 is 9.13 Å². The third kappa shape index (κ3) is 2.31. The molecule has 0 amide bonds. The first kappa shape index (κ1) is 13.2. The lowest BCUT2D eigenvalue weighted by atomic mass is 10.2. The van der Waals surface area contributed by atoms with E-state index in [1.807, 2.05) is 12.1 Å². The molecule has 0 atom stereocenters. The zero-order chi connectivity index (χ0) is 14.9. The summed E-state index contributed by atoms with van der Waals surface area (Å²) in [5.74, 6) is 0.650. The molecule has 1 aliphatic heterocycles. The average molecular weight is 298 g/mol. The summed E-state index contributed by atoms with van der Waals surface area (Å²) in [4.78, 5) is 6.56. The molecule has 0 saturated carbocycles. The van der Waals surface area contributed by atoms with Crippen LogP contribution in [0.3, 0.4) is 0 Å². The Balaban J connectivity index is 1.77. The van der Waals surface area contributed by atoms with Gasteiger partial charge in [0.1, 0.15) is 11.6 Å². The molecule has 1 fully saturated rings. The molecule has 4 rings (SSSR count). The first-order chi connectivity index (χ1) is 10.8. The molecule has 0 spiro atoms. The zero-order valence-electron chi connectivity index (χ0n) is 11.9. The van der Waals surface area contributed by atoms with Crippen LogP contribution < -0.4 is 4.90 Å². The Hall–Kier alpha value is -2.47. The summed E-state index contributed by atoms with van der Waals surface area (Å²) in [6.45, 7) is 3.10. The van der Waals surface area contributed by atoms with Gasteiger partial charge in [-0.05, 0) is 36.4 Å². The summed E-state index contributed by atoms with van der Waals surface area (Å²) in [6, 6.07) is 10.3. The van der Waals surface area contributed by atoms with Crippen LogP contribution in [0.15, 0.2) is 42.6 Å². The van der Waals surface area contributed by atoms with Crippen LogP contribution in [0.1, 0.15) is 0 Å². The standard InChI is InChI=1S/C16H15FN4O/c17-13-3-1-12(2-4-13)14-11-18-15-5-6-16(19-21(14)15)20-7-9-22-10-8-20/h1-6,11H,7-10H2. The molecule has 1 saturated heterocycles. The number of hydrogen-bond donors (Lipinski definition) is 0. The molecule has 3 heterocycles. The SMILES string of the molecule is Fc1ccc(-c2cnc3ccc(N4CCOCC4)nn23)cc1. The molecular weight excluding hydrogens is 283 g/mol. The molecule has 3 aromatic rings. The van der Waals surface area contributed by atoms with Crippen LogP contribution in [0.4, 0.5) is 10.2 Å². The van der Waals surface area contributed by atoms with Gasteiger partial charge in [-0.3, -0.25) is 0 Å². The van der Waals surface area contributed by atoms with E-state index in [1.165, 1.54) is 12.1 Å². The van der Waals surface area contributed by atoms with Gasteiger partial charge in [0.25, 0.3) is 0 Å². The van der Waals surface area contributed by atoms with Crippen molar-refractivity contribution in [2.45, 2.75) is 0 Å². The van der Waals surface area contributed by atoms with Gasteiger partial charge in [0.05, 0.1) is 25.1 Å². The summed E-state index contributed by atoms with van der Waals surface area (Å²) in [7, 11) is 0. The Morgan fingerprint density at radius 1 is 1.00 bits per heavy atom. The Morgan fingerprint density at radius 3 is 2.55 bits per heavy atom. The predicted molar refractivity (Wildman–Crippen MR) is 81.4 cm³/mol. The van der Waals surface area contributed by atoms with Crippen LogP contribution in [-0.4, -0.2) is 40.9 Å². The van der Waals surface area contributed by atoms with E-state index in [2.05, 4.69) is 15.0 Å². The van der Waals surface area contributed by atoms with Crippen molar-refractivity contribution in [1.82, 2.24) is 14.6 Å². The molecule has 1 aliphatic rings. The van der Waals surface area contributed by atoms with E-state index in [-0.39, 0.29) is 5.82 Å². The molecule has 112 valence electrons. The van der Waals surface area contributed by atoms with Gasteiger partial charge in [-0.2, -0.15) is 0 Å². The van der Waals surface area contributed by atoms with Crippen LogP contribution in [0, 0.1) is 5.82 Å². The summed E-state index contributed by atoms with van der Waals surface area (Å²) in [6.07, 6.45) is 1.76. The number of imidazole rings is 1. The number of fused-ring (bicyclic) bond motifs is 1. The molecule has 0 unspecified atom stereocenters. The molecule has 1 aromatic carbocycles. The van der Waals surface area contributed by atoms with Gasteiger partial charge in [-0.25, -0.2) is 13.9 Å². The molecule has 0 aliphatic carbocycles. The highest BCUT2D eigenvalue weighted by atomic mass is 19.1. The molecule has 6 heteroatoms. The maximum atomic E-state index is 13.1. The molecule has 22 heavy (non-hydrogen) atoms. The second-order valence-electron chi connectivity index (χ2n) is 5.21. The Kier molecular flexibility index (Phi) is 3.23. The summed E-state index contributed by atoms with van der Waals surface area (Å²) in [5, 5.41) is 4.69. The lowest BCUT2D eigenvalue weighted by Crippen LogP contribution is -2.37. The number of anilines is 1. The molecule has 5 nitrogen and oxygen atoms in total. The second-order valence-corrected chi connectivity index (χ2v) is 5.21. The fraction of sp³-hybridized carbons (Fsp3) is 0.250. The highest BCUT2D eigenvalue weighted by Gasteiger charge is 2.14. The van der Waals surface area contributed by atoms with E-state index in [0.29, 0.717) is 13.2 Å². The number of aromatic nitrogens is 3. The number of ether oxygens (including phenoxy) is 1. The quantitative estimate of drug-likeness (QED) is 0.728. The maximum Gasteiger partial charge on any atom is 0.154 e. The number of morpholine rings is 1. The van der Waals surface area contributed by atoms with E-state index >= 15 is 0 Å². The first-order valence-corrected chi connectivity index (χ1v) is 7.25. The monoisotopic (exact) mass is 298 g/mol. The number of halogens is 1. The highest BCUT2D eigenvalue weighted by molar-refractivity contribution is 5.63. The van der Waals surface area contributed by atoms with Gasteiger partial charge in [0, 0.05) is 18.7 Å².